The van der Waals surface area contributed by atoms with Crippen LogP contribution in [0.1, 0.15) is 27.9 Å². The van der Waals surface area contributed by atoms with Crippen molar-refractivity contribution in [3.8, 4) is 5.75 Å². The molecular weight excluding hydrogens is 396 g/mol. The fourth-order valence-electron chi connectivity index (χ4n) is 2.50. The van der Waals surface area contributed by atoms with Crippen LogP contribution in [0.5, 0.6) is 5.75 Å². The Morgan fingerprint density at radius 2 is 2.00 bits per heavy atom. The van der Waals surface area contributed by atoms with Crippen LogP contribution >= 0.6 is 31.9 Å². The first kappa shape index (κ1) is 14.8. The molecule has 108 valence electrons. The summed E-state index contributed by atoms with van der Waals surface area (Å²) >= 11 is 6.84. The van der Waals surface area contributed by atoms with Crippen molar-refractivity contribution in [2.45, 2.75) is 19.3 Å². The summed E-state index contributed by atoms with van der Waals surface area (Å²) in [6, 6.07) is 11.9. The monoisotopic (exact) mass is 408 g/mol. The predicted octanol–water partition coefficient (Wildman–Crippen LogP) is 4.96. The second kappa shape index (κ2) is 6.32. The first-order chi connectivity index (χ1) is 10.1. The number of hydrogen-bond acceptors (Lipinski definition) is 2. The topological polar surface area (TPSA) is 26.3 Å². The fourth-order valence-corrected chi connectivity index (χ4v) is 3.77. The number of fused-ring (bicyclic) bond motifs is 1. The Morgan fingerprint density at radius 1 is 1.14 bits per heavy atom. The fraction of sp³-hybridized carbons (Fsp3) is 0.235. The molecule has 4 heteroatoms. The van der Waals surface area contributed by atoms with Crippen molar-refractivity contribution in [2.75, 3.05) is 6.61 Å². The van der Waals surface area contributed by atoms with Crippen molar-refractivity contribution in [2.24, 2.45) is 0 Å². The van der Waals surface area contributed by atoms with Gasteiger partial charge in [-0.05, 0) is 41.8 Å². The van der Waals surface area contributed by atoms with Crippen molar-refractivity contribution in [1.29, 1.82) is 0 Å². The van der Waals surface area contributed by atoms with Crippen LogP contribution < -0.4 is 4.74 Å². The molecule has 1 aliphatic rings. The van der Waals surface area contributed by atoms with Crippen LogP contribution in [-0.2, 0) is 12.8 Å². The number of rotatable bonds is 4. The highest BCUT2D eigenvalue weighted by Crippen LogP contribution is 2.27. The molecule has 0 atom stereocenters. The third kappa shape index (κ3) is 3.38. The standard InChI is InChI=1S/C17H14Br2O2/c18-13-3-4-14(15(19)10-13)16(20)5-1-11-2-6-17-12(9-11)7-8-21-17/h2-4,6,9-10H,1,5,7-8H2. The Kier molecular flexibility index (Phi) is 4.45. The van der Waals surface area contributed by atoms with E-state index in [1.807, 2.05) is 30.3 Å². The van der Waals surface area contributed by atoms with Crippen LogP contribution in [0.4, 0.5) is 0 Å². The van der Waals surface area contributed by atoms with E-state index in [1.165, 1.54) is 11.1 Å². The quantitative estimate of drug-likeness (QED) is 0.667. The van der Waals surface area contributed by atoms with Crippen LogP contribution in [0.15, 0.2) is 45.3 Å². The molecule has 0 fully saturated rings. The number of ketones is 1. The summed E-state index contributed by atoms with van der Waals surface area (Å²) in [5.41, 5.74) is 3.19. The molecule has 0 N–H and O–H groups in total. The maximum Gasteiger partial charge on any atom is 0.164 e. The van der Waals surface area contributed by atoms with E-state index in [-0.39, 0.29) is 5.78 Å². The van der Waals surface area contributed by atoms with E-state index < -0.39 is 0 Å². The number of benzene rings is 2. The molecule has 0 unspecified atom stereocenters. The Bertz CT molecular complexity index is 695. The van der Waals surface area contributed by atoms with Gasteiger partial charge in [0.05, 0.1) is 6.61 Å². The average Bonchev–Trinajstić information content (AvgIpc) is 2.92. The molecule has 0 saturated heterocycles. The van der Waals surface area contributed by atoms with Crippen molar-refractivity contribution < 1.29 is 9.53 Å². The molecule has 2 aromatic carbocycles. The summed E-state index contributed by atoms with van der Waals surface area (Å²) in [4.78, 5) is 12.3. The summed E-state index contributed by atoms with van der Waals surface area (Å²) in [6.07, 6.45) is 2.24. The lowest BCUT2D eigenvalue weighted by molar-refractivity contribution is 0.0982. The third-order valence-electron chi connectivity index (χ3n) is 3.63. The molecular formula is C17H14Br2O2. The van der Waals surface area contributed by atoms with Gasteiger partial charge < -0.3 is 4.74 Å². The number of hydrogen-bond donors (Lipinski definition) is 0. The highest BCUT2D eigenvalue weighted by Gasteiger charge is 2.14. The van der Waals surface area contributed by atoms with Gasteiger partial charge in [-0.25, -0.2) is 0 Å². The Labute approximate surface area is 140 Å². The molecule has 0 amide bonds. The maximum absolute atomic E-state index is 12.3. The van der Waals surface area contributed by atoms with Crippen molar-refractivity contribution in [1.82, 2.24) is 0 Å². The molecule has 21 heavy (non-hydrogen) atoms. The smallest absolute Gasteiger partial charge is 0.164 e. The van der Waals surface area contributed by atoms with Crippen molar-refractivity contribution >= 4 is 37.6 Å². The zero-order valence-electron chi connectivity index (χ0n) is 11.4. The highest BCUT2D eigenvalue weighted by molar-refractivity contribution is 9.11. The summed E-state index contributed by atoms with van der Waals surface area (Å²) in [7, 11) is 0. The van der Waals surface area contributed by atoms with E-state index in [0.717, 1.165) is 39.7 Å². The van der Waals surface area contributed by atoms with Crippen LogP contribution in [-0.4, -0.2) is 12.4 Å². The molecule has 0 spiro atoms. The molecule has 2 aromatic rings. The van der Waals surface area contributed by atoms with Gasteiger partial charge in [0.1, 0.15) is 5.75 Å². The summed E-state index contributed by atoms with van der Waals surface area (Å²) in [5, 5.41) is 0. The molecule has 3 rings (SSSR count). The van der Waals surface area contributed by atoms with Crippen molar-refractivity contribution in [3.63, 3.8) is 0 Å². The van der Waals surface area contributed by atoms with E-state index in [4.69, 9.17) is 4.74 Å². The second-order valence-electron chi connectivity index (χ2n) is 5.09. The minimum absolute atomic E-state index is 0.158. The molecule has 0 saturated carbocycles. The number of ether oxygens (including phenoxy) is 1. The largest absolute Gasteiger partial charge is 0.493 e. The van der Waals surface area contributed by atoms with Gasteiger partial charge in [0.2, 0.25) is 0 Å². The van der Waals surface area contributed by atoms with Crippen LogP contribution in [0.25, 0.3) is 0 Å². The van der Waals surface area contributed by atoms with Gasteiger partial charge in [-0.15, -0.1) is 0 Å². The molecule has 0 aromatic heterocycles. The Morgan fingerprint density at radius 3 is 2.81 bits per heavy atom. The second-order valence-corrected chi connectivity index (χ2v) is 6.86. The summed E-state index contributed by atoms with van der Waals surface area (Å²) < 4.78 is 7.30. The van der Waals surface area contributed by atoms with E-state index in [9.17, 15) is 4.79 Å². The van der Waals surface area contributed by atoms with Crippen LogP contribution in [0, 0.1) is 0 Å². The van der Waals surface area contributed by atoms with Gasteiger partial charge in [0.25, 0.3) is 0 Å². The number of aryl methyl sites for hydroxylation is 1. The highest BCUT2D eigenvalue weighted by atomic mass is 79.9. The van der Waals surface area contributed by atoms with Crippen LogP contribution in [0.3, 0.4) is 0 Å². The maximum atomic E-state index is 12.3. The minimum atomic E-state index is 0.158. The Hall–Kier alpha value is -1.13. The molecule has 1 heterocycles. The Balaban J connectivity index is 1.68. The van der Waals surface area contributed by atoms with Gasteiger partial charge in [-0.2, -0.15) is 0 Å². The predicted molar refractivity (Wildman–Crippen MR) is 90.1 cm³/mol. The van der Waals surface area contributed by atoms with Gasteiger partial charge >= 0.3 is 0 Å². The van der Waals surface area contributed by atoms with E-state index in [0.29, 0.717) is 6.42 Å². The molecule has 0 bridgehead atoms. The summed E-state index contributed by atoms with van der Waals surface area (Å²) in [6.45, 7) is 0.767. The number of carbonyl (C=O) groups is 1. The van der Waals surface area contributed by atoms with E-state index in [1.54, 1.807) is 0 Å². The van der Waals surface area contributed by atoms with Gasteiger partial charge in [-0.1, -0.05) is 44.0 Å². The molecule has 0 aliphatic carbocycles. The van der Waals surface area contributed by atoms with Gasteiger partial charge in [0.15, 0.2) is 5.78 Å². The number of halogens is 2. The lowest BCUT2D eigenvalue weighted by Gasteiger charge is -2.06. The van der Waals surface area contributed by atoms with Gasteiger partial charge in [-0.3, -0.25) is 4.79 Å². The lowest BCUT2D eigenvalue weighted by atomic mass is 10.0. The van der Waals surface area contributed by atoms with Gasteiger partial charge in [0, 0.05) is 27.4 Å². The zero-order chi connectivity index (χ0) is 14.8. The molecule has 1 aliphatic heterocycles. The lowest BCUT2D eigenvalue weighted by Crippen LogP contribution is -2.02. The average molecular weight is 410 g/mol. The number of Topliss-reactive ketones (excluding diaryl/α,β-unsaturated/α-hetero) is 1. The molecule has 2 nitrogen and oxygen atoms in total. The molecule has 0 radical (unpaired) electrons. The number of carbonyl (C=O) groups excluding carboxylic acids is 1. The normalized spacial score (nSPS) is 12.9. The van der Waals surface area contributed by atoms with E-state index in [2.05, 4.69) is 37.9 Å². The first-order valence-corrected chi connectivity index (χ1v) is 8.45. The SMILES string of the molecule is O=C(CCc1ccc2c(c1)CCO2)c1ccc(Br)cc1Br. The minimum Gasteiger partial charge on any atom is -0.493 e. The first-order valence-electron chi connectivity index (χ1n) is 6.86. The van der Waals surface area contributed by atoms with E-state index >= 15 is 0 Å². The summed E-state index contributed by atoms with van der Waals surface area (Å²) in [5.74, 6) is 1.15. The van der Waals surface area contributed by atoms with Crippen LogP contribution in [0.2, 0.25) is 0 Å². The zero-order valence-corrected chi connectivity index (χ0v) is 14.5. The third-order valence-corrected chi connectivity index (χ3v) is 4.78. The van der Waals surface area contributed by atoms with Crippen molar-refractivity contribution in [3.05, 3.63) is 62.0 Å².